The summed E-state index contributed by atoms with van der Waals surface area (Å²) in [4.78, 5) is 27.4. The number of oxazole rings is 1. The van der Waals surface area contributed by atoms with Gasteiger partial charge in [-0.2, -0.15) is 0 Å². The highest BCUT2D eigenvalue weighted by molar-refractivity contribution is 5.93. The molecule has 2 rings (SSSR count). The van der Waals surface area contributed by atoms with E-state index >= 15 is 0 Å². The first kappa shape index (κ1) is 18.6. The van der Waals surface area contributed by atoms with Gasteiger partial charge < -0.3 is 4.42 Å². The van der Waals surface area contributed by atoms with E-state index in [1.54, 1.807) is 12.4 Å². The van der Waals surface area contributed by atoms with E-state index in [1.165, 1.54) is 39.0 Å². The van der Waals surface area contributed by atoms with Crippen LogP contribution in [0.3, 0.4) is 0 Å². The maximum atomic E-state index is 11.6. The van der Waals surface area contributed by atoms with Crippen molar-refractivity contribution in [3.63, 3.8) is 0 Å². The van der Waals surface area contributed by atoms with Crippen molar-refractivity contribution < 1.29 is 19.2 Å². The zero-order chi connectivity index (χ0) is 17.5. The predicted molar refractivity (Wildman–Crippen MR) is 89.0 cm³/mol. The van der Waals surface area contributed by atoms with Gasteiger partial charge in [-0.05, 0) is 19.3 Å². The third kappa shape index (κ3) is 5.16. The average Bonchev–Trinajstić information content (AvgIpc) is 2.96. The van der Waals surface area contributed by atoms with Crippen molar-refractivity contribution in [2.75, 3.05) is 0 Å². The van der Waals surface area contributed by atoms with Crippen LogP contribution in [0.25, 0.3) is 0 Å². The van der Waals surface area contributed by atoms with Gasteiger partial charge in [-0.1, -0.05) is 44.9 Å². The van der Waals surface area contributed by atoms with E-state index in [0.717, 1.165) is 25.2 Å². The topological polar surface area (TPSA) is 92.4 Å². The minimum Gasteiger partial charge on any atom is -0.445 e. The molecular formula is C18H28N2O4. The lowest BCUT2D eigenvalue weighted by Gasteiger charge is -2.22. The van der Waals surface area contributed by atoms with Crippen LogP contribution in [0.2, 0.25) is 0 Å². The van der Waals surface area contributed by atoms with E-state index in [4.69, 9.17) is 9.62 Å². The first-order valence-corrected chi connectivity index (χ1v) is 8.92. The standard InChI is InChI=1S/C18H28N2O4/c1-12(21)17-13(2)24-18(19-17)15(11-16(22)20-23)10-6-9-14-7-4-3-5-8-14/h14-15,23H,3-11H2,1-2H3,(H,20,22)/t15-/m1/s1. The number of nitrogens with one attached hydrogen (secondary N) is 1. The van der Waals surface area contributed by atoms with Crippen LogP contribution in [-0.2, 0) is 4.79 Å². The number of hydrogen-bond acceptors (Lipinski definition) is 5. The molecule has 0 aliphatic heterocycles. The van der Waals surface area contributed by atoms with E-state index in [0.29, 0.717) is 17.3 Å². The highest BCUT2D eigenvalue weighted by Crippen LogP contribution is 2.31. The molecule has 0 saturated heterocycles. The summed E-state index contributed by atoms with van der Waals surface area (Å²) in [5.74, 6) is 0.870. The van der Waals surface area contributed by atoms with Gasteiger partial charge in [-0.3, -0.25) is 14.8 Å². The van der Waals surface area contributed by atoms with Gasteiger partial charge >= 0.3 is 0 Å². The largest absolute Gasteiger partial charge is 0.445 e. The molecule has 1 atom stereocenters. The van der Waals surface area contributed by atoms with Gasteiger partial charge in [-0.15, -0.1) is 0 Å². The summed E-state index contributed by atoms with van der Waals surface area (Å²) < 4.78 is 5.63. The Hall–Kier alpha value is -1.69. The number of amides is 1. The summed E-state index contributed by atoms with van der Waals surface area (Å²) in [6.45, 7) is 3.16. The van der Waals surface area contributed by atoms with E-state index in [-0.39, 0.29) is 18.1 Å². The van der Waals surface area contributed by atoms with Gasteiger partial charge in [0.15, 0.2) is 11.7 Å². The van der Waals surface area contributed by atoms with Gasteiger partial charge in [0, 0.05) is 19.3 Å². The Morgan fingerprint density at radius 1 is 1.33 bits per heavy atom. The van der Waals surface area contributed by atoms with E-state index in [2.05, 4.69) is 4.98 Å². The summed E-state index contributed by atoms with van der Waals surface area (Å²) >= 11 is 0. The van der Waals surface area contributed by atoms with Crippen molar-refractivity contribution in [2.24, 2.45) is 5.92 Å². The van der Waals surface area contributed by atoms with Crippen LogP contribution in [0.15, 0.2) is 4.42 Å². The summed E-state index contributed by atoms with van der Waals surface area (Å²) in [7, 11) is 0. The number of Topliss-reactive ketones (excluding diaryl/α,β-unsaturated/α-hetero) is 1. The molecule has 0 spiro atoms. The number of carbonyl (C=O) groups excluding carboxylic acids is 2. The minimum atomic E-state index is -0.460. The van der Waals surface area contributed by atoms with Crippen molar-refractivity contribution in [2.45, 2.75) is 77.6 Å². The SMILES string of the molecule is CC(=O)c1nc([C@H](CCCC2CCCCC2)CC(=O)NO)oc1C. The quantitative estimate of drug-likeness (QED) is 0.426. The Labute approximate surface area is 143 Å². The predicted octanol–water partition coefficient (Wildman–Crippen LogP) is 3.92. The maximum absolute atomic E-state index is 11.6. The number of carbonyl (C=O) groups is 2. The molecule has 6 nitrogen and oxygen atoms in total. The van der Waals surface area contributed by atoms with Crippen molar-refractivity contribution >= 4 is 11.7 Å². The van der Waals surface area contributed by atoms with Gasteiger partial charge in [-0.25, -0.2) is 10.5 Å². The summed E-state index contributed by atoms with van der Waals surface area (Å²) in [6, 6.07) is 0. The van der Waals surface area contributed by atoms with E-state index in [9.17, 15) is 9.59 Å². The van der Waals surface area contributed by atoms with Gasteiger partial charge in [0.25, 0.3) is 0 Å². The molecule has 0 aromatic carbocycles. The van der Waals surface area contributed by atoms with Crippen LogP contribution in [0.5, 0.6) is 0 Å². The second-order valence-electron chi connectivity index (χ2n) is 6.88. The highest BCUT2D eigenvalue weighted by Gasteiger charge is 2.24. The Morgan fingerprint density at radius 3 is 2.62 bits per heavy atom. The fraction of sp³-hybridized carbons (Fsp3) is 0.722. The van der Waals surface area contributed by atoms with Gasteiger partial charge in [0.1, 0.15) is 11.5 Å². The number of rotatable bonds is 8. The highest BCUT2D eigenvalue weighted by atomic mass is 16.5. The summed E-state index contributed by atoms with van der Waals surface area (Å²) in [6.07, 6.45) is 9.60. The van der Waals surface area contributed by atoms with Crippen LogP contribution in [-0.4, -0.2) is 21.9 Å². The minimum absolute atomic E-state index is 0.110. The zero-order valence-corrected chi connectivity index (χ0v) is 14.6. The van der Waals surface area contributed by atoms with Crippen molar-refractivity contribution in [1.82, 2.24) is 10.5 Å². The molecular weight excluding hydrogens is 308 g/mol. The van der Waals surface area contributed by atoms with Crippen LogP contribution in [0.1, 0.15) is 92.8 Å². The molecule has 1 saturated carbocycles. The van der Waals surface area contributed by atoms with Crippen LogP contribution in [0.4, 0.5) is 0 Å². The third-order valence-electron chi connectivity index (χ3n) is 4.94. The average molecular weight is 336 g/mol. The Bertz CT molecular complexity index is 561. The molecule has 1 aliphatic rings. The second kappa shape index (κ2) is 8.97. The van der Waals surface area contributed by atoms with Crippen LogP contribution >= 0.6 is 0 Å². The Kier molecular flexibility index (Phi) is 6.97. The number of aryl methyl sites for hydroxylation is 1. The molecule has 6 heteroatoms. The molecule has 0 unspecified atom stereocenters. The number of aromatic nitrogens is 1. The number of hydrogen-bond donors (Lipinski definition) is 2. The van der Waals surface area contributed by atoms with Crippen molar-refractivity contribution in [3.05, 3.63) is 17.3 Å². The van der Waals surface area contributed by atoms with E-state index < -0.39 is 5.91 Å². The number of nitrogens with zero attached hydrogens (tertiary/aromatic N) is 1. The lowest BCUT2D eigenvalue weighted by molar-refractivity contribution is -0.129. The molecule has 1 aliphatic carbocycles. The fourth-order valence-corrected chi connectivity index (χ4v) is 3.63. The first-order chi connectivity index (χ1) is 11.5. The van der Waals surface area contributed by atoms with Crippen LogP contribution < -0.4 is 5.48 Å². The number of ketones is 1. The van der Waals surface area contributed by atoms with Crippen molar-refractivity contribution in [3.8, 4) is 0 Å². The summed E-state index contributed by atoms with van der Waals surface area (Å²) in [5, 5.41) is 8.80. The smallest absolute Gasteiger partial charge is 0.244 e. The fourth-order valence-electron chi connectivity index (χ4n) is 3.63. The van der Waals surface area contributed by atoms with Gasteiger partial charge in [0.05, 0.1) is 0 Å². The normalized spacial score (nSPS) is 16.8. The van der Waals surface area contributed by atoms with Crippen molar-refractivity contribution in [1.29, 1.82) is 0 Å². The molecule has 0 bridgehead atoms. The maximum Gasteiger partial charge on any atom is 0.244 e. The lowest BCUT2D eigenvalue weighted by atomic mass is 9.84. The monoisotopic (exact) mass is 336 g/mol. The van der Waals surface area contributed by atoms with Crippen LogP contribution in [0, 0.1) is 12.8 Å². The summed E-state index contributed by atoms with van der Waals surface area (Å²) in [5.41, 5.74) is 2.00. The Morgan fingerprint density at radius 2 is 2.04 bits per heavy atom. The second-order valence-corrected chi connectivity index (χ2v) is 6.88. The first-order valence-electron chi connectivity index (χ1n) is 8.92. The Balaban J connectivity index is 1.99. The lowest BCUT2D eigenvalue weighted by Crippen LogP contribution is -2.21. The third-order valence-corrected chi connectivity index (χ3v) is 4.94. The molecule has 1 aromatic heterocycles. The molecule has 2 N–H and O–H groups in total. The molecule has 134 valence electrons. The molecule has 24 heavy (non-hydrogen) atoms. The zero-order valence-electron chi connectivity index (χ0n) is 14.6. The molecule has 1 amide bonds. The van der Waals surface area contributed by atoms with E-state index in [1.807, 2.05) is 0 Å². The molecule has 1 aromatic rings. The molecule has 0 radical (unpaired) electrons. The number of hydroxylamine groups is 1. The molecule has 1 heterocycles. The molecule has 1 fully saturated rings. The van der Waals surface area contributed by atoms with Gasteiger partial charge in [0.2, 0.25) is 5.91 Å².